The molecule has 6 heteroatoms. The molecule has 0 aromatic heterocycles. The van der Waals surface area contributed by atoms with Crippen LogP contribution in [0.2, 0.25) is 0 Å². The van der Waals surface area contributed by atoms with Gasteiger partial charge in [0.15, 0.2) is 11.6 Å². The number of aromatic hydroxyl groups is 2. The summed E-state index contributed by atoms with van der Waals surface area (Å²) in [6, 6.07) is 5.10. The Bertz CT molecular complexity index is 879. The van der Waals surface area contributed by atoms with Gasteiger partial charge in [-0.25, -0.2) is 4.79 Å². The average Bonchev–Trinajstić information content (AvgIpc) is 2.43. The van der Waals surface area contributed by atoms with Crippen LogP contribution in [-0.2, 0) is 0 Å². The van der Waals surface area contributed by atoms with Gasteiger partial charge in [0.25, 0.3) is 0 Å². The Hall–Kier alpha value is -3.15. The molecule has 0 unspecified atom stereocenters. The normalized spacial score (nSPS) is 12.8. The lowest BCUT2D eigenvalue weighted by molar-refractivity contribution is 0.0692. The summed E-state index contributed by atoms with van der Waals surface area (Å²) in [5.74, 6) is -3.50. The lowest BCUT2D eigenvalue weighted by Crippen LogP contribution is -2.23. The SMILES string of the molecule is Cc1c(C(=O)O)c(O)cc2c1C(=O)c1c(O)cccc1C2=O. The van der Waals surface area contributed by atoms with Crippen LogP contribution in [0.15, 0.2) is 24.3 Å². The second-order valence-electron chi connectivity index (χ2n) is 4.98. The molecule has 0 heterocycles. The molecule has 0 atom stereocenters. The molecule has 0 saturated carbocycles. The van der Waals surface area contributed by atoms with E-state index in [1.165, 1.54) is 25.1 Å². The lowest BCUT2D eigenvalue weighted by Gasteiger charge is -2.21. The number of aromatic carboxylic acids is 1. The highest BCUT2D eigenvalue weighted by atomic mass is 16.4. The summed E-state index contributed by atoms with van der Waals surface area (Å²) >= 11 is 0. The number of hydrogen-bond donors (Lipinski definition) is 3. The number of hydrogen-bond acceptors (Lipinski definition) is 5. The number of fused-ring (bicyclic) bond motifs is 2. The molecule has 0 bridgehead atoms. The molecule has 0 amide bonds. The van der Waals surface area contributed by atoms with Gasteiger partial charge in [0.1, 0.15) is 17.1 Å². The van der Waals surface area contributed by atoms with Gasteiger partial charge < -0.3 is 15.3 Å². The van der Waals surface area contributed by atoms with Crippen molar-refractivity contribution in [3.8, 4) is 11.5 Å². The maximum Gasteiger partial charge on any atom is 0.339 e. The largest absolute Gasteiger partial charge is 0.507 e. The molecular weight excluding hydrogens is 288 g/mol. The summed E-state index contributed by atoms with van der Waals surface area (Å²) < 4.78 is 0. The van der Waals surface area contributed by atoms with E-state index in [-0.39, 0.29) is 33.6 Å². The molecule has 0 spiro atoms. The highest BCUT2D eigenvalue weighted by Crippen LogP contribution is 2.37. The van der Waals surface area contributed by atoms with Crippen molar-refractivity contribution in [2.45, 2.75) is 6.92 Å². The summed E-state index contributed by atoms with van der Waals surface area (Å²) in [4.78, 5) is 36.3. The van der Waals surface area contributed by atoms with E-state index in [4.69, 9.17) is 5.11 Å². The first kappa shape index (κ1) is 13.8. The third-order valence-electron chi connectivity index (χ3n) is 3.76. The number of carbonyl (C=O) groups is 3. The van der Waals surface area contributed by atoms with Gasteiger partial charge in [-0.2, -0.15) is 0 Å². The minimum Gasteiger partial charge on any atom is -0.507 e. The van der Waals surface area contributed by atoms with Gasteiger partial charge in [-0.1, -0.05) is 12.1 Å². The van der Waals surface area contributed by atoms with Crippen LogP contribution in [-0.4, -0.2) is 32.9 Å². The highest BCUT2D eigenvalue weighted by Gasteiger charge is 2.35. The molecule has 0 saturated heterocycles. The summed E-state index contributed by atoms with van der Waals surface area (Å²) in [5.41, 5.74) is -0.727. The van der Waals surface area contributed by atoms with Crippen LogP contribution in [0, 0.1) is 6.92 Å². The van der Waals surface area contributed by atoms with E-state index >= 15 is 0 Å². The Labute approximate surface area is 124 Å². The molecule has 110 valence electrons. The van der Waals surface area contributed by atoms with Crippen molar-refractivity contribution in [2.75, 3.05) is 0 Å². The van der Waals surface area contributed by atoms with Crippen molar-refractivity contribution < 1.29 is 29.7 Å². The maximum atomic E-state index is 12.6. The minimum atomic E-state index is -1.40. The number of carboxylic acids is 1. The van der Waals surface area contributed by atoms with E-state index in [2.05, 4.69) is 0 Å². The number of rotatable bonds is 1. The number of ketones is 2. The maximum absolute atomic E-state index is 12.6. The lowest BCUT2D eigenvalue weighted by atomic mass is 9.80. The van der Waals surface area contributed by atoms with Crippen LogP contribution < -0.4 is 0 Å². The van der Waals surface area contributed by atoms with Crippen molar-refractivity contribution in [3.05, 3.63) is 57.6 Å². The van der Waals surface area contributed by atoms with E-state index in [1.54, 1.807) is 0 Å². The first-order valence-corrected chi connectivity index (χ1v) is 6.35. The van der Waals surface area contributed by atoms with Gasteiger partial charge >= 0.3 is 5.97 Å². The number of phenolic OH excluding ortho intramolecular Hbond substituents is 1. The smallest absolute Gasteiger partial charge is 0.339 e. The third kappa shape index (κ3) is 1.64. The van der Waals surface area contributed by atoms with Crippen LogP contribution in [0.4, 0.5) is 0 Å². The molecule has 1 aliphatic carbocycles. The zero-order chi connectivity index (χ0) is 16.2. The van der Waals surface area contributed by atoms with Crippen LogP contribution in [0.5, 0.6) is 11.5 Å². The quantitative estimate of drug-likeness (QED) is 0.632. The third-order valence-corrected chi connectivity index (χ3v) is 3.76. The monoisotopic (exact) mass is 298 g/mol. The molecule has 3 N–H and O–H groups in total. The van der Waals surface area contributed by atoms with E-state index < -0.39 is 28.8 Å². The zero-order valence-electron chi connectivity index (χ0n) is 11.4. The van der Waals surface area contributed by atoms with E-state index in [9.17, 15) is 24.6 Å². The second kappa shape index (κ2) is 4.42. The van der Waals surface area contributed by atoms with Gasteiger partial charge in [-0.3, -0.25) is 9.59 Å². The predicted octanol–water partition coefficient (Wildman–Crippen LogP) is 1.88. The molecule has 0 fully saturated rings. The van der Waals surface area contributed by atoms with E-state index in [0.717, 1.165) is 6.07 Å². The first-order chi connectivity index (χ1) is 10.3. The van der Waals surface area contributed by atoms with Crippen molar-refractivity contribution in [2.24, 2.45) is 0 Å². The minimum absolute atomic E-state index is 0.00486. The average molecular weight is 298 g/mol. The van der Waals surface area contributed by atoms with Crippen molar-refractivity contribution in [1.29, 1.82) is 0 Å². The topological polar surface area (TPSA) is 112 Å². The second-order valence-corrected chi connectivity index (χ2v) is 4.98. The fraction of sp³-hybridized carbons (Fsp3) is 0.0625. The summed E-state index contributed by atoms with van der Waals surface area (Å²) in [6.07, 6.45) is 0. The molecule has 6 nitrogen and oxygen atoms in total. The molecule has 3 rings (SSSR count). The van der Waals surface area contributed by atoms with Crippen LogP contribution >= 0.6 is 0 Å². The van der Waals surface area contributed by atoms with Gasteiger partial charge in [-0.05, 0) is 24.6 Å². The molecule has 2 aromatic rings. The van der Waals surface area contributed by atoms with Crippen LogP contribution in [0.1, 0.15) is 47.8 Å². The van der Waals surface area contributed by atoms with E-state index in [1.807, 2.05) is 0 Å². The van der Waals surface area contributed by atoms with Gasteiger partial charge in [0.05, 0.1) is 5.56 Å². The van der Waals surface area contributed by atoms with Crippen LogP contribution in [0.3, 0.4) is 0 Å². The Morgan fingerprint density at radius 1 is 0.955 bits per heavy atom. The Balaban J connectivity index is 2.41. The van der Waals surface area contributed by atoms with Crippen molar-refractivity contribution in [3.63, 3.8) is 0 Å². The summed E-state index contributed by atoms with van der Waals surface area (Å²) in [7, 11) is 0. The molecule has 2 aromatic carbocycles. The Morgan fingerprint density at radius 2 is 1.64 bits per heavy atom. The summed E-state index contributed by atoms with van der Waals surface area (Å²) in [5, 5.41) is 28.8. The highest BCUT2D eigenvalue weighted by molar-refractivity contribution is 6.30. The van der Waals surface area contributed by atoms with Gasteiger partial charge in [0.2, 0.25) is 0 Å². The van der Waals surface area contributed by atoms with Crippen molar-refractivity contribution >= 4 is 17.5 Å². The molecule has 1 aliphatic rings. The number of benzene rings is 2. The molecular formula is C16H10O6. The number of carbonyl (C=O) groups excluding carboxylic acids is 2. The molecule has 0 radical (unpaired) electrons. The summed E-state index contributed by atoms with van der Waals surface area (Å²) in [6.45, 7) is 1.35. The van der Waals surface area contributed by atoms with Crippen molar-refractivity contribution in [1.82, 2.24) is 0 Å². The number of phenols is 2. The van der Waals surface area contributed by atoms with Gasteiger partial charge in [0, 0.05) is 16.7 Å². The first-order valence-electron chi connectivity index (χ1n) is 6.35. The number of carboxylic acid groups (broad SMARTS) is 1. The molecule has 22 heavy (non-hydrogen) atoms. The fourth-order valence-corrected chi connectivity index (χ4v) is 2.78. The molecule has 0 aliphatic heterocycles. The van der Waals surface area contributed by atoms with E-state index in [0.29, 0.717) is 0 Å². The Morgan fingerprint density at radius 3 is 2.27 bits per heavy atom. The Kier molecular flexibility index (Phi) is 2.78. The fourth-order valence-electron chi connectivity index (χ4n) is 2.78. The van der Waals surface area contributed by atoms with Crippen LogP contribution in [0.25, 0.3) is 0 Å². The zero-order valence-corrected chi connectivity index (χ0v) is 11.4. The standard InChI is InChI=1S/C16H10O6/c1-6-11-8(5-10(18)12(6)16(21)22)14(19)7-3-2-4-9(17)13(7)15(11)20/h2-5,17-18H,1H3,(H,21,22). The van der Waals surface area contributed by atoms with Gasteiger partial charge in [-0.15, -0.1) is 0 Å². The predicted molar refractivity (Wildman–Crippen MR) is 74.8 cm³/mol.